The number of carbonyl (C=O) groups is 2. The summed E-state index contributed by atoms with van der Waals surface area (Å²) in [5.74, 6) is -0.0560. The highest BCUT2D eigenvalue weighted by atomic mass is 16.2. The van der Waals surface area contributed by atoms with Crippen LogP contribution in [0, 0.1) is 5.41 Å². The Labute approximate surface area is 142 Å². The Morgan fingerprint density at radius 1 is 1.08 bits per heavy atom. The number of amides is 2. The fourth-order valence-electron chi connectivity index (χ4n) is 3.26. The van der Waals surface area contributed by atoms with Crippen LogP contribution in [-0.4, -0.2) is 29.3 Å². The molecule has 0 bridgehead atoms. The molecule has 0 radical (unpaired) electrons. The minimum atomic E-state index is -0.470. The van der Waals surface area contributed by atoms with Gasteiger partial charge in [0.25, 0.3) is 0 Å². The van der Waals surface area contributed by atoms with E-state index in [1.54, 1.807) is 4.90 Å². The maximum atomic E-state index is 12.8. The van der Waals surface area contributed by atoms with Gasteiger partial charge in [-0.3, -0.25) is 9.59 Å². The summed E-state index contributed by atoms with van der Waals surface area (Å²) >= 11 is 0. The third-order valence-electron chi connectivity index (χ3n) is 4.51. The third-order valence-corrected chi connectivity index (χ3v) is 4.51. The number of nitrogens with zero attached hydrogens (tertiary/aromatic N) is 1. The molecule has 24 heavy (non-hydrogen) atoms. The van der Waals surface area contributed by atoms with Crippen molar-refractivity contribution in [2.45, 2.75) is 39.7 Å². The van der Waals surface area contributed by atoms with Crippen LogP contribution in [0.15, 0.2) is 42.5 Å². The van der Waals surface area contributed by atoms with Crippen LogP contribution in [0.25, 0.3) is 10.8 Å². The Bertz CT molecular complexity index is 771. The van der Waals surface area contributed by atoms with E-state index < -0.39 is 5.41 Å². The van der Waals surface area contributed by atoms with Gasteiger partial charge >= 0.3 is 0 Å². The Morgan fingerprint density at radius 2 is 1.79 bits per heavy atom. The fraction of sp³-hybridized carbons (Fsp3) is 0.400. The van der Waals surface area contributed by atoms with Gasteiger partial charge in [-0.15, -0.1) is 0 Å². The summed E-state index contributed by atoms with van der Waals surface area (Å²) in [4.78, 5) is 27.1. The smallest absolute Gasteiger partial charge is 0.247 e. The zero-order valence-electron chi connectivity index (χ0n) is 14.5. The molecule has 1 aliphatic heterocycles. The first kappa shape index (κ1) is 16.5. The molecule has 1 N–H and O–H groups in total. The molecule has 3 rings (SSSR count). The van der Waals surface area contributed by atoms with Gasteiger partial charge in [0.2, 0.25) is 11.8 Å². The predicted molar refractivity (Wildman–Crippen MR) is 96.8 cm³/mol. The molecule has 1 saturated heterocycles. The van der Waals surface area contributed by atoms with Crippen molar-refractivity contribution in [3.63, 3.8) is 0 Å². The van der Waals surface area contributed by atoms with E-state index in [0.717, 1.165) is 29.3 Å². The molecule has 2 aromatic carbocycles. The van der Waals surface area contributed by atoms with Gasteiger partial charge in [-0.1, -0.05) is 57.2 Å². The van der Waals surface area contributed by atoms with Crippen LogP contribution in [0.3, 0.4) is 0 Å². The summed E-state index contributed by atoms with van der Waals surface area (Å²) in [6, 6.07) is 13.5. The van der Waals surface area contributed by atoms with Crippen LogP contribution in [0.5, 0.6) is 0 Å². The van der Waals surface area contributed by atoms with Gasteiger partial charge in [-0.2, -0.15) is 0 Å². The van der Waals surface area contributed by atoms with Gasteiger partial charge < -0.3 is 10.2 Å². The quantitative estimate of drug-likeness (QED) is 0.913. The standard InChI is InChI=1S/C20H24N2O2/c1-20(2,3)19(24)22-13-7-12-17(22)18(23)21-16-11-6-9-14-8-4-5-10-15(14)16/h4-6,8-11,17H,7,12-13H2,1-3H3,(H,21,23)/t17-/m1/s1. The fourth-order valence-corrected chi connectivity index (χ4v) is 3.26. The third kappa shape index (κ3) is 3.14. The highest BCUT2D eigenvalue weighted by Crippen LogP contribution is 2.28. The van der Waals surface area contributed by atoms with E-state index in [9.17, 15) is 9.59 Å². The Hall–Kier alpha value is -2.36. The number of benzene rings is 2. The lowest BCUT2D eigenvalue weighted by Gasteiger charge is -2.30. The molecule has 1 aliphatic rings. The van der Waals surface area contributed by atoms with E-state index in [2.05, 4.69) is 5.32 Å². The lowest BCUT2D eigenvalue weighted by atomic mass is 9.94. The highest BCUT2D eigenvalue weighted by Gasteiger charge is 2.38. The molecule has 2 aromatic rings. The van der Waals surface area contributed by atoms with Gasteiger partial charge in [0.1, 0.15) is 6.04 Å². The molecule has 4 nitrogen and oxygen atoms in total. The van der Waals surface area contributed by atoms with Crippen molar-refractivity contribution in [3.8, 4) is 0 Å². The highest BCUT2D eigenvalue weighted by molar-refractivity contribution is 6.05. The molecule has 0 aromatic heterocycles. The maximum absolute atomic E-state index is 12.8. The lowest BCUT2D eigenvalue weighted by molar-refractivity contribution is -0.143. The van der Waals surface area contributed by atoms with Crippen LogP contribution >= 0.6 is 0 Å². The van der Waals surface area contributed by atoms with E-state index in [1.165, 1.54) is 0 Å². The van der Waals surface area contributed by atoms with Crippen molar-refractivity contribution in [1.82, 2.24) is 4.90 Å². The van der Waals surface area contributed by atoms with E-state index >= 15 is 0 Å². The summed E-state index contributed by atoms with van der Waals surface area (Å²) in [7, 11) is 0. The summed E-state index contributed by atoms with van der Waals surface area (Å²) in [6.07, 6.45) is 1.59. The van der Waals surface area contributed by atoms with Crippen LogP contribution < -0.4 is 5.32 Å². The van der Waals surface area contributed by atoms with Crippen molar-refractivity contribution in [2.24, 2.45) is 5.41 Å². The average Bonchev–Trinajstić information content (AvgIpc) is 3.03. The number of nitrogens with one attached hydrogen (secondary N) is 1. The summed E-state index contributed by atoms with van der Waals surface area (Å²) in [5, 5.41) is 5.13. The van der Waals surface area contributed by atoms with Gasteiger partial charge in [-0.05, 0) is 24.3 Å². The largest absolute Gasteiger partial charge is 0.330 e. The van der Waals surface area contributed by atoms with Gasteiger partial charge in [-0.25, -0.2) is 0 Å². The topological polar surface area (TPSA) is 49.4 Å². The number of anilines is 1. The van der Waals surface area contributed by atoms with Crippen molar-refractivity contribution < 1.29 is 9.59 Å². The summed E-state index contributed by atoms with van der Waals surface area (Å²) in [5.41, 5.74) is 0.329. The van der Waals surface area contributed by atoms with E-state index in [0.29, 0.717) is 6.54 Å². The minimum Gasteiger partial charge on any atom is -0.330 e. The molecule has 0 saturated carbocycles. The molecule has 0 unspecified atom stereocenters. The molecule has 0 aliphatic carbocycles. The minimum absolute atomic E-state index is 0.0399. The zero-order valence-corrected chi connectivity index (χ0v) is 14.5. The Balaban J connectivity index is 1.82. The first-order valence-electron chi connectivity index (χ1n) is 8.47. The second-order valence-electron chi connectivity index (χ2n) is 7.42. The van der Waals surface area contributed by atoms with Crippen LogP contribution in [0.1, 0.15) is 33.6 Å². The predicted octanol–water partition coefficient (Wildman–Crippen LogP) is 3.82. The number of fused-ring (bicyclic) bond motifs is 1. The van der Waals surface area contributed by atoms with Gasteiger partial charge in [0.15, 0.2) is 0 Å². The van der Waals surface area contributed by atoms with Gasteiger partial charge in [0, 0.05) is 23.0 Å². The van der Waals surface area contributed by atoms with Crippen molar-refractivity contribution >= 4 is 28.3 Å². The molecule has 2 amide bonds. The Morgan fingerprint density at radius 3 is 2.54 bits per heavy atom. The van der Waals surface area contributed by atoms with Crippen molar-refractivity contribution in [2.75, 3.05) is 11.9 Å². The molecule has 126 valence electrons. The summed E-state index contributed by atoms with van der Waals surface area (Å²) < 4.78 is 0. The van der Waals surface area contributed by atoms with Crippen LogP contribution in [-0.2, 0) is 9.59 Å². The Kier molecular flexibility index (Phi) is 4.31. The van der Waals surface area contributed by atoms with Crippen molar-refractivity contribution in [3.05, 3.63) is 42.5 Å². The number of likely N-dealkylation sites (tertiary alicyclic amines) is 1. The first-order valence-corrected chi connectivity index (χ1v) is 8.47. The molecular formula is C20H24N2O2. The number of carbonyl (C=O) groups excluding carboxylic acids is 2. The monoisotopic (exact) mass is 324 g/mol. The van der Waals surface area contributed by atoms with E-state index in [4.69, 9.17) is 0 Å². The SMILES string of the molecule is CC(C)(C)C(=O)N1CCC[C@@H]1C(=O)Nc1cccc2ccccc12. The maximum Gasteiger partial charge on any atom is 0.247 e. The first-order chi connectivity index (χ1) is 11.4. The second kappa shape index (κ2) is 6.27. The number of hydrogen-bond acceptors (Lipinski definition) is 2. The van der Waals surface area contributed by atoms with Gasteiger partial charge in [0.05, 0.1) is 0 Å². The average molecular weight is 324 g/mol. The molecule has 1 fully saturated rings. The lowest BCUT2D eigenvalue weighted by Crippen LogP contribution is -2.47. The van der Waals surface area contributed by atoms with Crippen LogP contribution in [0.2, 0.25) is 0 Å². The normalized spacial score (nSPS) is 18.0. The summed E-state index contributed by atoms with van der Waals surface area (Å²) in [6.45, 7) is 6.34. The molecule has 1 atom stereocenters. The molecule has 0 spiro atoms. The molecule has 1 heterocycles. The zero-order chi connectivity index (χ0) is 17.3. The second-order valence-corrected chi connectivity index (χ2v) is 7.42. The number of rotatable bonds is 2. The molecule has 4 heteroatoms. The van der Waals surface area contributed by atoms with Crippen molar-refractivity contribution in [1.29, 1.82) is 0 Å². The van der Waals surface area contributed by atoms with Crippen LogP contribution in [0.4, 0.5) is 5.69 Å². The van der Waals surface area contributed by atoms with E-state index in [1.807, 2.05) is 63.2 Å². The van der Waals surface area contributed by atoms with E-state index in [-0.39, 0.29) is 17.9 Å². The number of hydrogen-bond donors (Lipinski definition) is 1. The molecular weight excluding hydrogens is 300 g/mol.